The molecule has 2 rings (SSSR count). The van der Waals surface area contributed by atoms with Crippen molar-refractivity contribution in [3.63, 3.8) is 0 Å². The predicted octanol–water partition coefficient (Wildman–Crippen LogP) is 3.90. The summed E-state index contributed by atoms with van der Waals surface area (Å²) in [6.07, 6.45) is 3.16. The maximum absolute atomic E-state index is 12.4. The second kappa shape index (κ2) is 7.80. The maximum atomic E-state index is 12.4. The van der Waals surface area contributed by atoms with Gasteiger partial charge in [0.15, 0.2) is 0 Å². The van der Waals surface area contributed by atoms with Gasteiger partial charge in [-0.3, -0.25) is 14.4 Å². The van der Waals surface area contributed by atoms with Gasteiger partial charge >= 0.3 is 0 Å². The van der Waals surface area contributed by atoms with Gasteiger partial charge in [-0.25, -0.2) is 0 Å². The molecule has 1 aromatic heterocycles. The van der Waals surface area contributed by atoms with Gasteiger partial charge in [0, 0.05) is 12.8 Å². The molecule has 0 saturated carbocycles. The van der Waals surface area contributed by atoms with Crippen LogP contribution in [0, 0.1) is 32.1 Å². The summed E-state index contributed by atoms with van der Waals surface area (Å²) in [5, 5.41) is 19.9. The number of aromatic nitrogens is 1. The number of hydrogen-bond donors (Lipinski definition) is 1. The van der Waals surface area contributed by atoms with Crippen molar-refractivity contribution < 1.29 is 5.11 Å². The fourth-order valence-corrected chi connectivity index (χ4v) is 2.64. The van der Waals surface area contributed by atoms with E-state index in [4.69, 9.17) is 0 Å². The second-order valence-corrected chi connectivity index (χ2v) is 6.21. The first-order valence-corrected chi connectivity index (χ1v) is 8.38. The van der Waals surface area contributed by atoms with Gasteiger partial charge in [-0.05, 0) is 49.9 Å². The monoisotopic (exact) mass is 337 g/mol. The van der Waals surface area contributed by atoms with Crippen LogP contribution in [-0.2, 0) is 6.54 Å². The Hall–Kier alpha value is -2.87. The van der Waals surface area contributed by atoms with Crippen molar-refractivity contribution in [3.05, 3.63) is 56.4 Å². The first-order valence-electron chi connectivity index (χ1n) is 8.38. The molecule has 0 fully saturated rings. The van der Waals surface area contributed by atoms with Crippen LogP contribution in [0.3, 0.4) is 0 Å². The van der Waals surface area contributed by atoms with E-state index in [-0.39, 0.29) is 11.4 Å². The highest BCUT2D eigenvalue weighted by molar-refractivity contribution is 5.87. The lowest BCUT2D eigenvalue weighted by molar-refractivity contribution is 0.400. The van der Waals surface area contributed by atoms with E-state index in [0.717, 1.165) is 29.7 Å². The van der Waals surface area contributed by atoms with Crippen LogP contribution >= 0.6 is 0 Å². The Bertz CT molecular complexity index is 918. The standard InChI is InChI=1S/C20H23N3O2/c1-5-6-9-23-19(24)16(11-21)15(4)17(20(23)25)12-22-18-10-13(2)7-8-14(18)3/h7-8,10,12,25H,5-6,9H2,1-4H3. The van der Waals surface area contributed by atoms with Gasteiger partial charge in [0.2, 0.25) is 5.88 Å². The third-order valence-electron chi connectivity index (χ3n) is 4.28. The van der Waals surface area contributed by atoms with Crippen molar-refractivity contribution in [2.24, 2.45) is 4.99 Å². The van der Waals surface area contributed by atoms with Gasteiger partial charge < -0.3 is 5.11 Å². The third kappa shape index (κ3) is 3.80. The molecule has 0 bridgehead atoms. The smallest absolute Gasteiger partial charge is 0.271 e. The molecule has 1 heterocycles. The van der Waals surface area contributed by atoms with Crippen molar-refractivity contribution in [3.8, 4) is 11.9 Å². The molecule has 0 unspecified atom stereocenters. The zero-order valence-electron chi connectivity index (χ0n) is 15.1. The summed E-state index contributed by atoms with van der Waals surface area (Å²) in [5.74, 6) is -0.135. The van der Waals surface area contributed by atoms with Crippen LogP contribution in [0.2, 0.25) is 0 Å². The lowest BCUT2D eigenvalue weighted by Gasteiger charge is -2.13. The average molecular weight is 337 g/mol. The molecule has 0 aliphatic carbocycles. The highest BCUT2D eigenvalue weighted by atomic mass is 16.3. The quantitative estimate of drug-likeness (QED) is 0.840. The van der Waals surface area contributed by atoms with E-state index in [2.05, 4.69) is 4.99 Å². The van der Waals surface area contributed by atoms with Crippen LogP contribution in [0.5, 0.6) is 5.88 Å². The predicted molar refractivity (Wildman–Crippen MR) is 99.9 cm³/mol. The number of aliphatic imine (C=N–C) groups is 1. The summed E-state index contributed by atoms with van der Waals surface area (Å²) in [6.45, 7) is 7.99. The van der Waals surface area contributed by atoms with Gasteiger partial charge in [-0.2, -0.15) is 5.26 Å². The molecule has 0 spiro atoms. The van der Waals surface area contributed by atoms with Gasteiger partial charge in [0.25, 0.3) is 5.56 Å². The van der Waals surface area contributed by atoms with Crippen molar-refractivity contribution in [2.75, 3.05) is 0 Å². The molecule has 0 atom stereocenters. The fraction of sp³-hybridized carbons (Fsp3) is 0.350. The molecule has 25 heavy (non-hydrogen) atoms. The first-order chi connectivity index (χ1) is 11.9. The number of nitrogens with zero attached hydrogens (tertiary/aromatic N) is 3. The lowest BCUT2D eigenvalue weighted by Crippen LogP contribution is -2.25. The number of nitriles is 1. The maximum Gasteiger partial charge on any atom is 0.271 e. The molecule has 2 aromatic rings. The number of pyridine rings is 1. The Kier molecular flexibility index (Phi) is 5.76. The Labute approximate surface area is 147 Å². The minimum atomic E-state index is -0.449. The molecule has 0 amide bonds. The topological polar surface area (TPSA) is 78.4 Å². The van der Waals surface area contributed by atoms with Crippen molar-refractivity contribution in [2.45, 2.75) is 47.1 Å². The molecule has 1 aromatic carbocycles. The highest BCUT2D eigenvalue weighted by Gasteiger charge is 2.17. The average Bonchev–Trinajstić information content (AvgIpc) is 2.58. The van der Waals surface area contributed by atoms with Crippen molar-refractivity contribution in [1.82, 2.24) is 4.57 Å². The molecule has 130 valence electrons. The number of aryl methyl sites for hydroxylation is 2. The zero-order valence-corrected chi connectivity index (χ0v) is 15.1. The minimum absolute atomic E-state index is 0.0521. The largest absolute Gasteiger partial charge is 0.494 e. The second-order valence-electron chi connectivity index (χ2n) is 6.21. The van der Waals surface area contributed by atoms with Crippen LogP contribution in [-0.4, -0.2) is 15.9 Å². The molecule has 5 nitrogen and oxygen atoms in total. The van der Waals surface area contributed by atoms with Gasteiger partial charge in [-0.1, -0.05) is 25.5 Å². The van der Waals surface area contributed by atoms with E-state index in [1.54, 1.807) is 6.92 Å². The van der Waals surface area contributed by atoms with Crippen LogP contribution in [0.15, 0.2) is 28.0 Å². The molecule has 1 N–H and O–H groups in total. The molecule has 5 heteroatoms. The van der Waals surface area contributed by atoms with Crippen LogP contribution in [0.25, 0.3) is 0 Å². The normalized spacial score (nSPS) is 11.0. The number of benzene rings is 1. The summed E-state index contributed by atoms with van der Waals surface area (Å²) >= 11 is 0. The Balaban J connectivity index is 2.60. The van der Waals surface area contributed by atoms with Crippen molar-refractivity contribution in [1.29, 1.82) is 5.26 Å². The van der Waals surface area contributed by atoms with Gasteiger partial charge in [0.05, 0.1) is 11.3 Å². The van der Waals surface area contributed by atoms with Gasteiger partial charge in [-0.15, -0.1) is 0 Å². The number of rotatable bonds is 5. The summed E-state index contributed by atoms with van der Waals surface area (Å²) in [6, 6.07) is 7.91. The number of hydrogen-bond acceptors (Lipinski definition) is 4. The number of aromatic hydroxyl groups is 1. The van der Waals surface area contributed by atoms with Crippen LogP contribution in [0.1, 0.15) is 47.6 Å². The third-order valence-corrected chi connectivity index (χ3v) is 4.28. The Morgan fingerprint density at radius 3 is 2.68 bits per heavy atom. The Morgan fingerprint density at radius 2 is 2.04 bits per heavy atom. The Morgan fingerprint density at radius 1 is 1.32 bits per heavy atom. The van der Waals surface area contributed by atoms with E-state index >= 15 is 0 Å². The molecule has 0 aliphatic heterocycles. The SMILES string of the molecule is CCCCn1c(O)c(C=Nc2cc(C)ccc2C)c(C)c(C#N)c1=O. The molecular formula is C20H23N3O2. The molecule has 0 radical (unpaired) electrons. The minimum Gasteiger partial charge on any atom is -0.494 e. The zero-order chi connectivity index (χ0) is 18.6. The van der Waals surface area contributed by atoms with E-state index < -0.39 is 5.56 Å². The first kappa shape index (κ1) is 18.5. The summed E-state index contributed by atoms with van der Waals surface area (Å²) < 4.78 is 1.26. The highest BCUT2D eigenvalue weighted by Crippen LogP contribution is 2.23. The molecule has 0 aliphatic rings. The van der Waals surface area contributed by atoms with E-state index in [0.29, 0.717) is 17.7 Å². The fourth-order valence-electron chi connectivity index (χ4n) is 2.64. The summed E-state index contributed by atoms with van der Waals surface area (Å²) in [4.78, 5) is 16.9. The lowest BCUT2D eigenvalue weighted by atomic mass is 10.1. The van der Waals surface area contributed by atoms with E-state index in [1.807, 2.05) is 45.0 Å². The molecular weight excluding hydrogens is 314 g/mol. The van der Waals surface area contributed by atoms with E-state index in [9.17, 15) is 15.2 Å². The number of unbranched alkanes of at least 4 members (excludes halogenated alkanes) is 1. The summed E-state index contributed by atoms with van der Waals surface area (Å²) in [5.41, 5.74) is 3.36. The van der Waals surface area contributed by atoms with Crippen molar-refractivity contribution >= 4 is 11.9 Å². The van der Waals surface area contributed by atoms with Crippen LogP contribution < -0.4 is 5.56 Å². The van der Waals surface area contributed by atoms with Gasteiger partial charge in [0.1, 0.15) is 11.6 Å². The van der Waals surface area contributed by atoms with E-state index in [1.165, 1.54) is 10.8 Å². The molecule has 0 saturated heterocycles. The van der Waals surface area contributed by atoms with Crippen LogP contribution in [0.4, 0.5) is 5.69 Å². The summed E-state index contributed by atoms with van der Waals surface area (Å²) in [7, 11) is 0.